The Balaban J connectivity index is 1.90. The van der Waals surface area contributed by atoms with E-state index in [1.807, 2.05) is 0 Å². The highest BCUT2D eigenvalue weighted by molar-refractivity contribution is 6.36. The van der Waals surface area contributed by atoms with Crippen molar-refractivity contribution in [2.45, 2.75) is 0 Å². The number of halogens is 2. The van der Waals surface area contributed by atoms with Crippen molar-refractivity contribution in [3.8, 4) is 0 Å². The van der Waals surface area contributed by atoms with Crippen molar-refractivity contribution in [2.24, 2.45) is 0 Å². The number of hydrogen-bond acceptors (Lipinski definition) is 5. The summed E-state index contributed by atoms with van der Waals surface area (Å²) in [6.45, 7) is -0.533. The number of nitro groups is 1. The third-order valence-corrected chi connectivity index (χ3v) is 3.40. The first-order chi connectivity index (χ1) is 11.4. The van der Waals surface area contributed by atoms with Crippen LogP contribution in [0.2, 0.25) is 10.0 Å². The molecule has 2 aromatic carbocycles. The van der Waals surface area contributed by atoms with Crippen LogP contribution in [-0.4, -0.2) is 23.4 Å². The summed E-state index contributed by atoms with van der Waals surface area (Å²) in [6.07, 6.45) is 0. The van der Waals surface area contributed by atoms with Gasteiger partial charge in [0.1, 0.15) is 0 Å². The molecule has 0 spiro atoms. The molecule has 9 heteroatoms. The maximum absolute atomic E-state index is 11.8. The number of amides is 1. The zero-order valence-corrected chi connectivity index (χ0v) is 13.5. The predicted molar refractivity (Wildman–Crippen MR) is 88.5 cm³/mol. The van der Waals surface area contributed by atoms with Gasteiger partial charge in [0.2, 0.25) is 0 Å². The first-order valence-electron chi connectivity index (χ1n) is 6.53. The molecule has 0 saturated carbocycles. The average Bonchev–Trinajstić information content (AvgIpc) is 2.53. The molecule has 0 aliphatic carbocycles. The Morgan fingerprint density at radius 1 is 1.12 bits per heavy atom. The van der Waals surface area contributed by atoms with Gasteiger partial charge in [-0.05, 0) is 30.3 Å². The molecule has 1 amide bonds. The number of non-ortho nitro benzene ring substituents is 1. The summed E-state index contributed by atoms with van der Waals surface area (Å²) in [5, 5.41) is 13.5. The molecule has 0 bridgehead atoms. The molecule has 0 aromatic heterocycles. The van der Waals surface area contributed by atoms with E-state index in [1.54, 1.807) is 0 Å². The molecule has 0 unspecified atom stereocenters. The minimum Gasteiger partial charge on any atom is -0.452 e. The third kappa shape index (κ3) is 4.68. The van der Waals surface area contributed by atoms with Crippen molar-refractivity contribution in [2.75, 3.05) is 11.9 Å². The summed E-state index contributed by atoms with van der Waals surface area (Å²) >= 11 is 11.6. The minimum absolute atomic E-state index is 0.0872. The van der Waals surface area contributed by atoms with Gasteiger partial charge in [-0.3, -0.25) is 14.9 Å². The number of ether oxygens (including phenoxy) is 1. The fraction of sp³-hybridized carbons (Fsp3) is 0.0667. The molecule has 0 atom stereocenters. The number of carbonyl (C=O) groups is 2. The van der Waals surface area contributed by atoms with Gasteiger partial charge in [0.15, 0.2) is 6.61 Å². The fourth-order valence-corrected chi connectivity index (χ4v) is 2.21. The van der Waals surface area contributed by atoms with Gasteiger partial charge in [-0.25, -0.2) is 4.79 Å². The van der Waals surface area contributed by atoms with Gasteiger partial charge in [-0.2, -0.15) is 0 Å². The third-order valence-electron chi connectivity index (χ3n) is 2.85. The highest BCUT2D eigenvalue weighted by atomic mass is 35.5. The number of esters is 1. The molecular formula is C15H10Cl2N2O5. The molecule has 2 aromatic rings. The summed E-state index contributed by atoms with van der Waals surface area (Å²) in [5.41, 5.74) is 0.326. The first kappa shape index (κ1) is 17.7. The lowest BCUT2D eigenvalue weighted by Crippen LogP contribution is -2.21. The molecule has 124 valence electrons. The number of nitro benzene ring substituents is 1. The lowest BCUT2D eigenvalue weighted by molar-refractivity contribution is -0.384. The number of carbonyl (C=O) groups excluding carboxylic acids is 2. The van der Waals surface area contributed by atoms with Crippen molar-refractivity contribution in [3.05, 3.63) is 68.2 Å². The van der Waals surface area contributed by atoms with Gasteiger partial charge in [-0.1, -0.05) is 23.2 Å². The van der Waals surface area contributed by atoms with Gasteiger partial charge < -0.3 is 10.1 Å². The minimum atomic E-state index is -0.768. The van der Waals surface area contributed by atoms with E-state index in [9.17, 15) is 19.7 Å². The van der Waals surface area contributed by atoms with Crippen LogP contribution in [0.25, 0.3) is 0 Å². The monoisotopic (exact) mass is 368 g/mol. The summed E-state index contributed by atoms with van der Waals surface area (Å²) in [5.74, 6) is -1.36. The van der Waals surface area contributed by atoms with Crippen molar-refractivity contribution in [3.63, 3.8) is 0 Å². The number of nitrogens with zero attached hydrogens (tertiary/aromatic N) is 1. The van der Waals surface area contributed by atoms with E-state index in [0.717, 1.165) is 0 Å². The van der Waals surface area contributed by atoms with E-state index in [1.165, 1.54) is 42.5 Å². The van der Waals surface area contributed by atoms with E-state index in [2.05, 4.69) is 5.32 Å². The molecule has 0 radical (unpaired) electrons. The van der Waals surface area contributed by atoms with Crippen LogP contribution in [-0.2, 0) is 9.53 Å². The van der Waals surface area contributed by atoms with E-state index in [0.29, 0.717) is 10.7 Å². The van der Waals surface area contributed by atoms with Crippen LogP contribution in [0.5, 0.6) is 0 Å². The van der Waals surface area contributed by atoms with E-state index in [-0.39, 0.29) is 16.3 Å². The van der Waals surface area contributed by atoms with Crippen LogP contribution in [0.3, 0.4) is 0 Å². The summed E-state index contributed by atoms with van der Waals surface area (Å²) in [4.78, 5) is 33.6. The van der Waals surface area contributed by atoms with Crippen LogP contribution >= 0.6 is 23.2 Å². The second-order valence-electron chi connectivity index (χ2n) is 4.55. The summed E-state index contributed by atoms with van der Waals surface area (Å²) in [6, 6.07) is 9.48. The van der Waals surface area contributed by atoms with Crippen LogP contribution in [0.15, 0.2) is 42.5 Å². The summed E-state index contributed by atoms with van der Waals surface area (Å²) in [7, 11) is 0. The Labute approximate surface area is 146 Å². The topological polar surface area (TPSA) is 98.5 Å². The van der Waals surface area contributed by atoms with Crippen LogP contribution in [0.4, 0.5) is 11.4 Å². The molecule has 7 nitrogen and oxygen atoms in total. The van der Waals surface area contributed by atoms with Gasteiger partial charge >= 0.3 is 5.97 Å². The molecule has 24 heavy (non-hydrogen) atoms. The Kier molecular flexibility index (Phi) is 5.73. The van der Waals surface area contributed by atoms with Gasteiger partial charge in [-0.15, -0.1) is 0 Å². The largest absolute Gasteiger partial charge is 0.452 e. The van der Waals surface area contributed by atoms with Crippen molar-refractivity contribution < 1.29 is 19.2 Å². The number of nitrogens with one attached hydrogen (secondary N) is 1. The number of benzene rings is 2. The Morgan fingerprint density at radius 3 is 2.38 bits per heavy atom. The quantitative estimate of drug-likeness (QED) is 0.492. The second kappa shape index (κ2) is 7.76. The average molecular weight is 369 g/mol. The van der Waals surface area contributed by atoms with Gasteiger partial charge in [0.05, 0.1) is 15.5 Å². The van der Waals surface area contributed by atoms with Crippen molar-refractivity contribution in [1.29, 1.82) is 0 Å². The molecule has 0 saturated heterocycles. The van der Waals surface area contributed by atoms with Crippen LogP contribution in [0, 0.1) is 10.1 Å². The van der Waals surface area contributed by atoms with E-state index >= 15 is 0 Å². The van der Waals surface area contributed by atoms with Crippen LogP contribution in [0.1, 0.15) is 10.4 Å². The number of anilines is 1. The Morgan fingerprint density at radius 2 is 1.79 bits per heavy atom. The SMILES string of the molecule is O=C(COC(=O)c1ccc(Cl)cc1Cl)Nc1ccc([N+](=O)[O-])cc1. The molecule has 0 heterocycles. The molecule has 0 aliphatic heterocycles. The van der Waals surface area contributed by atoms with Crippen molar-refractivity contribution in [1.82, 2.24) is 0 Å². The molecule has 1 N–H and O–H groups in total. The normalized spacial score (nSPS) is 10.1. The fourth-order valence-electron chi connectivity index (χ4n) is 1.73. The molecule has 0 fully saturated rings. The van der Waals surface area contributed by atoms with Crippen LogP contribution < -0.4 is 5.32 Å². The number of rotatable bonds is 5. The highest BCUT2D eigenvalue weighted by Gasteiger charge is 2.14. The number of hydrogen-bond donors (Lipinski definition) is 1. The van der Waals surface area contributed by atoms with E-state index in [4.69, 9.17) is 27.9 Å². The van der Waals surface area contributed by atoms with Crippen molar-refractivity contribution >= 4 is 46.5 Å². The van der Waals surface area contributed by atoms with Gasteiger partial charge in [0, 0.05) is 22.8 Å². The Hall–Kier alpha value is -2.64. The standard InChI is InChI=1S/C15H10Cl2N2O5/c16-9-1-6-12(13(17)7-9)15(21)24-8-14(20)18-10-2-4-11(5-3-10)19(22)23/h1-7H,8H2,(H,18,20). The predicted octanol–water partition coefficient (Wildman–Crippen LogP) is 3.70. The molecule has 0 aliphatic rings. The maximum Gasteiger partial charge on any atom is 0.340 e. The Bertz CT molecular complexity index is 793. The lowest BCUT2D eigenvalue weighted by Gasteiger charge is -2.07. The smallest absolute Gasteiger partial charge is 0.340 e. The lowest BCUT2D eigenvalue weighted by atomic mass is 10.2. The summed E-state index contributed by atoms with van der Waals surface area (Å²) < 4.78 is 4.86. The highest BCUT2D eigenvalue weighted by Crippen LogP contribution is 2.21. The maximum atomic E-state index is 11.8. The zero-order valence-electron chi connectivity index (χ0n) is 12.0. The first-order valence-corrected chi connectivity index (χ1v) is 7.29. The molecule has 2 rings (SSSR count). The second-order valence-corrected chi connectivity index (χ2v) is 5.40. The zero-order chi connectivity index (χ0) is 17.7. The molecular weight excluding hydrogens is 359 g/mol. The van der Waals surface area contributed by atoms with E-state index < -0.39 is 23.4 Å². The van der Waals surface area contributed by atoms with Gasteiger partial charge in [0.25, 0.3) is 11.6 Å².